The number of benzene rings is 1. The van der Waals surface area contributed by atoms with E-state index >= 15 is 0 Å². The Hall–Kier alpha value is -3.13. The molecule has 2 aromatic heterocycles. The van der Waals surface area contributed by atoms with E-state index in [2.05, 4.69) is 10.3 Å². The summed E-state index contributed by atoms with van der Waals surface area (Å²) in [6, 6.07) is 12.9. The first-order chi connectivity index (χ1) is 13.6. The maximum absolute atomic E-state index is 12.8. The fourth-order valence-corrected chi connectivity index (χ4v) is 3.67. The van der Waals surface area contributed by atoms with Gasteiger partial charge < -0.3 is 19.6 Å². The lowest BCUT2D eigenvalue weighted by atomic mass is 10.0. The van der Waals surface area contributed by atoms with Gasteiger partial charge in [-0.2, -0.15) is 0 Å². The van der Waals surface area contributed by atoms with Gasteiger partial charge in [0.2, 0.25) is 0 Å². The summed E-state index contributed by atoms with van der Waals surface area (Å²) in [7, 11) is 0. The molecule has 1 saturated heterocycles. The van der Waals surface area contributed by atoms with Gasteiger partial charge in [-0.05, 0) is 49.3 Å². The topological polar surface area (TPSA) is 83.3 Å². The van der Waals surface area contributed by atoms with Crippen LogP contribution < -0.4 is 5.32 Å². The Morgan fingerprint density at radius 1 is 1.11 bits per heavy atom. The van der Waals surface area contributed by atoms with Crippen LogP contribution in [0.1, 0.15) is 33.9 Å². The van der Waals surface area contributed by atoms with Crippen LogP contribution in [0.25, 0.3) is 5.69 Å². The maximum atomic E-state index is 12.8. The van der Waals surface area contributed by atoms with E-state index in [-0.39, 0.29) is 17.9 Å². The van der Waals surface area contributed by atoms with Crippen LogP contribution in [0.5, 0.6) is 0 Å². The Bertz CT molecular complexity index is 1020. The van der Waals surface area contributed by atoms with Crippen LogP contribution in [0.15, 0.2) is 59.3 Å². The number of nitrogens with one attached hydrogen (secondary N) is 2. The standard InChI is InChI=1S/C20H20N4O3S/c25-18(16-13-21-20(28)24(16)15-5-2-1-3-6-15)22-14-8-10-23(11-9-14)19(26)17-7-4-12-27-17/h1-7,12-14H,8-11H2,(H,21,28)(H,22,25). The SMILES string of the molecule is O=C(NC1CCN(C(=O)c2ccco2)CC1)c1c[nH]c(=S)n1-c1ccccc1. The van der Waals surface area contributed by atoms with Crippen molar-refractivity contribution in [2.45, 2.75) is 18.9 Å². The molecule has 1 fully saturated rings. The highest BCUT2D eigenvalue weighted by Gasteiger charge is 2.26. The Labute approximate surface area is 167 Å². The molecular weight excluding hydrogens is 376 g/mol. The van der Waals surface area contributed by atoms with E-state index in [1.54, 1.807) is 27.8 Å². The molecule has 0 atom stereocenters. The molecule has 2 N–H and O–H groups in total. The highest BCUT2D eigenvalue weighted by molar-refractivity contribution is 7.71. The first kappa shape index (κ1) is 18.2. The van der Waals surface area contributed by atoms with Crippen LogP contribution in [0, 0.1) is 4.77 Å². The monoisotopic (exact) mass is 396 g/mol. The minimum absolute atomic E-state index is 0.000783. The summed E-state index contributed by atoms with van der Waals surface area (Å²) in [4.78, 5) is 29.9. The summed E-state index contributed by atoms with van der Waals surface area (Å²) in [6.45, 7) is 1.14. The number of hydrogen-bond donors (Lipinski definition) is 2. The minimum Gasteiger partial charge on any atom is -0.459 e. The van der Waals surface area contributed by atoms with E-state index in [4.69, 9.17) is 16.6 Å². The number of para-hydroxylation sites is 1. The molecule has 144 valence electrons. The zero-order valence-electron chi connectivity index (χ0n) is 15.1. The van der Waals surface area contributed by atoms with Gasteiger partial charge >= 0.3 is 0 Å². The molecule has 3 aromatic rings. The summed E-state index contributed by atoms with van der Waals surface area (Å²) in [6.07, 6.45) is 4.50. The van der Waals surface area contributed by atoms with E-state index in [1.807, 2.05) is 30.3 Å². The highest BCUT2D eigenvalue weighted by atomic mass is 32.1. The van der Waals surface area contributed by atoms with Gasteiger partial charge in [-0.1, -0.05) is 18.2 Å². The second-order valence-corrected chi connectivity index (χ2v) is 7.05. The average Bonchev–Trinajstić information content (AvgIpc) is 3.38. The first-order valence-corrected chi connectivity index (χ1v) is 9.54. The molecule has 1 aliphatic heterocycles. The van der Waals surface area contributed by atoms with Crippen molar-refractivity contribution in [2.24, 2.45) is 0 Å². The van der Waals surface area contributed by atoms with Crippen LogP contribution in [0.4, 0.5) is 0 Å². The Balaban J connectivity index is 1.41. The number of carbonyl (C=O) groups is 2. The molecule has 0 bridgehead atoms. The molecule has 0 saturated carbocycles. The predicted molar refractivity (Wildman–Crippen MR) is 106 cm³/mol. The van der Waals surface area contributed by atoms with Crippen molar-refractivity contribution in [1.29, 1.82) is 0 Å². The van der Waals surface area contributed by atoms with Gasteiger partial charge in [-0.25, -0.2) is 0 Å². The quantitative estimate of drug-likeness (QED) is 0.664. The van der Waals surface area contributed by atoms with Crippen molar-refractivity contribution >= 4 is 24.0 Å². The Morgan fingerprint density at radius 3 is 2.54 bits per heavy atom. The van der Waals surface area contributed by atoms with E-state index < -0.39 is 0 Å². The van der Waals surface area contributed by atoms with E-state index in [0.717, 1.165) is 5.69 Å². The number of likely N-dealkylation sites (tertiary alicyclic amines) is 1. The molecule has 0 aliphatic carbocycles. The number of aromatic amines is 1. The number of carbonyl (C=O) groups excluding carboxylic acids is 2. The van der Waals surface area contributed by atoms with Crippen LogP contribution in [-0.4, -0.2) is 45.4 Å². The van der Waals surface area contributed by atoms with Crippen LogP contribution >= 0.6 is 12.2 Å². The Kier molecular flexibility index (Phi) is 5.12. The third kappa shape index (κ3) is 3.63. The lowest BCUT2D eigenvalue weighted by Crippen LogP contribution is -2.46. The van der Waals surface area contributed by atoms with Gasteiger partial charge in [0.15, 0.2) is 10.5 Å². The number of furan rings is 1. The van der Waals surface area contributed by atoms with Crippen molar-refractivity contribution in [3.8, 4) is 5.69 Å². The molecule has 0 radical (unpaired) electrons. The van der Waals surface area contributed by atoms with Gasteiger partial charge in [-0.15, -0.1) is 0 Å². The molecule has 0 unspecified atom stereocenters. The van der Waals surface area contributed by atoms with Crippen LogP contribution in [-0.2, 0) is 0 Å². The van der Waals surface area contributed by atoms with Crippen molar-refractivity contribution < 1.29 is 14.0 Å². The fourth-order valence-electron chi connectivity index (χ4n) is 3.41. The zero-order chi connectivity index (χ0) is 19.5. The van der Waals surface area contributed by atoms with Crippen molar-refractivity contribution in [1.82, 2.24) is 19.8 Å². The maximum Gasteiger partial charge on any atom is 0.289 e. The number of hydrogen-bond acceptors (Lipinski definition) is 4. The molecule has 28 heavy (non-hydrogen) atoms. The second kappa shape index (κ2) is 7.85. The molecule has 4 rings (SSSR count). The van der Waals surface area contributed by atoms with E-state index in [9.17, 15) is 9.59 Å². The largest absolute Gasteiger partial charge is 0.459 e. The van der Waals surface area contributed by atoms with Crippen molar-refractivity contribution in [3.63, 3.8) is 0 Å². The van der Waals surface area contributed by atoms with Crippen LogP contribution in [0.3, 0.4) is 0 Å². The van der Waals surface area contributed by atoms with Crippen LogP contribution in [0.2, 0.25) is 0 Å². The number of rotatable bonds is 4. The van der Waals surface area contributed by atoms with Gasteiger partial charge in [0, 0.05) is 31.0 Å². The van der Waals surface area contributed by atoms with E-state index in [1.165, 1.54) is 6.26 Å². The first-order valence-electron chi connectivity index (χ1n) is 9.13. The summed E-state index contributed by atoms with van der Waals surface area (Å²) < 4.78 is 7.37. The smallest absolute Gasteiger partial charge is 0.289 e. The van der Waals surface area contributed by atoms with Gasteiger partial charge in [0.05, 0.1) is 6.26 Å². The van der Waals surface area contributed by atoms with Crippen molar-refractivity contribution in [2.75, 3.05) is 13.1 Å². The Morgan fingerprint density at radius 2 is 1.86 bits per heavy atom. The average molecular weight is 396 g/mol. The molecule has 1 aliphatic rings. The van der Waals surface area contributed by atoms with Gasteiger partial charge in [0.1, 0.15) is 5.69 Å². The summed E-state index contributed by atoms with van der Waals surface area (Å²) in [5.74, 6) is 0.0433. The number of aromatic nitrogens is 2. The zero-order valence-corrected chi connectivity index (χ0v) is 15.9. The molecule has 0 spiro atoms. The number of H-pyrrole nitrogens is 1. The van der Waals surface area contributed by atoms with Crippen molar-refractivity contribution in [3.05, 3.63) is 71.1 Å². The van der Waals surface area contributed by atoms with E-state index in [0.29, 0.717) is 42.2 Å². The lowest BCUT2D eigenvalue weighted by Gasteiger charge is -2.31. The third-order valence-corrected chi connectivity index (χ3v) is 5.17. The number of piperidine rings is 1. The second-order valence-electron chi connectivity index (χ2n) is 6.67. The molecule has 2 amide bonds. The highest BCUT2D eigenvalue weighted by Crippen LogP contribution is 2.16. The fraction of sp³-hybridized carbons (Fsp3) is 0.250. The third-order valence-electron chi connectivity index (χ3n) is 4.87. The normalized spacial score (nSPS) is 14.8. The summed E-state index contributed by atoms with van der Waals surface area (Å²) >= 11 is 5.34. The number of imidazole rings is 1. The molecule has 3 heterocycles. The number of nitrogens with zero attached hydrogens (tertiary/aromatic N) is 2. The molecule has 7 nitrogen and oxygen atoms in total. The number of amides is 2. The molecule has 1 aromatic carbocycles. The minimum atomic E-state index is -0.188. The molecule has 8 heteroatoms. The van der Waals surface area contributed by atoms with Gasteiger partial charge in [-0.3, -0.25) is 14.2 Å². The predicted octanol–water partition coefficient (Wildman–Crippen LogP) is 3.16. The van der Waals surface area contributed by atoms with Gasteiger partial charge in [0.25, 0.3) is 11.8 Å². The summed E-state index contributed by atoms with van der Waals surface area (Å²) in [5.41, 5.74) is 1.29. The lowest BCUT2D eigenvalue weighted by molar-refractivity contribution is 0.0667. The molecular formula is C20H20N4O3S. The summed E-state index contributed by atoms with van der Waals surface area (Å²) in [5, 5.41) is 3.07.